The molecule has 1 amide bonds. The van der Waals surface area contributed by atoms with Crippen LogP contribution in [0.1, 0.15) is 15.9 Å². The van der Waals surface area contributed by atoms with Gasteiger partial charge in [0.2, 0.25) is 6.79 Å². The molecule has 1 heterocycles. The predicted molar refractivity (Wildman–Crippen MR) is 87.3 cm³/mol. The quantitative estimate of drug-likeness (QED) is 0.438. The molecule has 1 aliphatic heterocycles. The predicted octanol–water partition coefficient (Wildman–Crippen LogP) is 3.38. The van der Waals surface area contributed by atoms with Crippen molar-refractivity contribution in [2.45, 2.75) is 13.2 Å². The van der Waals surface area contributed by atoms with Crippen molar-refractivity contribution in [3.8, 4) is 23.0 Å². The van der Waals surface area contributed by atoms with Crippen LogP contribution in [0.5, 0.6) is 23.0 Å². The van der Waals surface area contributed by atoms with Gasteiger partial charge in [-0.1, -0.05) is 0 Å². The number of nitrogens with zero attached hydrogens (tertiary/aromatic N) is 1. The maximum absolute atomic E-state index is 12.5. The smallest absolute Gasteiger partial charge is 0.387 e. The summed E-state index contributed by atoms with van der Waals surface area (Å²) in [4.78, 5) is 12.1. The Morgan fingerprint density at radius 3 is 2.54 bits per heavy atom. The van der Waals surface area contributed by atoms with Gasteiger partial charge in [-0.25, -0.2) is 5.43 Å². The first-order valence-corrected chi connectivity index (χ1v) is 7.69. The van der Waals surface area contributed by atoms with Gasteiger partial charge in [-0.3, -0.25) is 4.79 Å². The number of carbonyl (C=O) groups excluding carboxylic acids is 1. The lowest BCUT2D eigenvalue weighted by atomic mass is 10.2. The van der Waals surface area contributed by atoms with Crippen molar-refractivity contribution in [3.05, 3.63) is 47.5 Å². The fourth-order valence-electron chi connectivity index (χ4n) is 2.26. The van der Waals surface area contributed by atoms with Crippen LogP contribution < -0.4 is 24.4 Å². The van der Waals surface area contributed by atoms with Crippen LogP contribution in [0.2, 0.25) is 0 Å². The number of hydrazone groups is 1. The lowest BCUT2D eigenvalue weighted by Crippen LogP contribution is -2.17. The minimum Gasteiger partial charge on any atom is -0.454 e. The Kier molecular flexibility index (Phi) is 5.82. The maximum Gasteiger partial charge on any atom is 0.387 e. The maximum atomic E-state index is 12.5. The topological polar surface area (TPSA) is 78.4 Å². The number of hydrogen-bond acceptors (Lipinski definition) is 6. The Labute approximate surface area is 155 Å². The van der Waals surface area contributed by atoms with Gasteiger partial charge in [-0.05, 0) is 30.3 Å². The van der Waals surface area contributed by atoms with E-state index in [0.717, 1.165) is 18.3 Å². The van der Waals surface area contributed by atoms with Crippen molar-refractivity contribution in [1.82, 2.24) is 5.43 Å². The van der Waals surface area contributed by atoms with E-state index in [-0.39, 0.29) is 23.7 Å². The van der Waals surface area contributed by atoms with Crippen LogP contribution in [0, 0.1) is 0 Å². The molecule has 0 atom stereocenters. The zero-order valence-electron chi connectivity index (χ0n) is 13.9. The van der Waals surface area contributed by atoms with Crippen molar-refractivity contribution >= 4 is 12.1 Å². The summed E-state index contributed by atoms with van der Waals surface area (Å²) in [5, 5.41) is 3.66. The lowest BCUT2D eigenvalue weighted by Gasteiger charge is -2.10. The largest absolute Gasteiger partial charge is 0.454 e. The van der Waals surface area contributed by atoms with Gasteiger partial charge in [0.15, 0.2) is 11.5 Å². The van der Waals surface area contributed by atoms with Crippen molar-refractivity contribution in [2.24, 2.45) is 5.10 Å². The van der Waals surface area contributed by atoms with Crippen molar-refractivity contribution < 1.29 is 41.3 Å². The van der Waals surface area contributed by atoms with Crippen LogP contribution in [0.15, 0.2) is 41.5 Å². The van der Waals surface area contributed by atoms with E-state index in [1.165, 1.54) is 18.2 Å². The Hall–Kier alpha value is -3.50. The number of amides is 1. The minimum absolute atomic E-state index is 0.00732. The van der Waals surface area contributed by atoms with E-state index in [1.807, 2.05) is 0 Å². The highest BCUT2D eigenvalue weighted by Crippen LogP contribution is 2.32. The molecule has 1 N–H and O–H groups in total. The molecule has 0 bridgehead atoms. The molecule has 0 saturated heterocycles. The summed E-state index contributed by atoms with van der Waals surface area (Å²) in [5.74, 6) is -0.510. The first kappa shape index (κ1) is 19.3. The summed E-state index contributed by atoms with van der Waals surface area (Å²) in [7, 11) is 0. The summed E-state index contributed by atoms with van der Waals surface area (Å²) in [6.45, 7) is -6.27. The molecular formula is C17H12F4N2O5. The Morgan fingerprint density at radius 1 is 1.04 bits per heavy atom. The van der Waals surface area contributed by atoms with Crippen LogP contribution in [-0.2, 0) is 0 Å². The van der Waals surface area contributed by atoms with E-state index in [4.69, 9.17) is 9.47 Å². The number of carbonyl (C=O) groups is 1. The number of halogens is 4. The van der Waals surface area contributed by atoms with Gasteiger partial charge in [-0.2, -0.15) is 22.7 Å². The highest BCUT2D eigenvalue weighted by molar-refractivity contribution is 5.95. The van der Waals surface area contributed by atoms with Gasteiger partial charge in [0.25, 0.3) is 5.91 Å². The Morgan fingerprint density at radius 2 is 1.79 bits per heavy atom. The minimum atomic E-state index is -3.20. The molecule has 28 heavy (non-hydrogen) atoms. The highest BCUT2D eigenvalue weighted by atomic mass is 19.3. The van der Waals surface area contributed by atoms with E-state index >= 15 is 0 Å². The molecule has 11 heteroatoms. The number of rotatable bonds is 7. The number of ether oxygens (including phenoxy) is 4. The first-order valence-electron chi connectivity index (χ1n) is 7.69. The molecule has 0 saturated carbocycles. The summed E-state index contributed by atoms with van der Waals surface area (Å²) in [6, 6.07) is 7.64. The van der Waals surface area contributed by atoms with Crippen LogP contribution in [0.4, 0.5) is 17.6 Å². The van der Waals surface area contributed by atoms with E-state index < -0.39 is 24.9 Å². The van der Waals surface area contributed by atoms with Gasteiger partial charge < -0.3 is 18.9 Å². The molecule has 2 aromatic rings. The second kappa shape index (κ2) is 8.46. The average Bonchev–Trinajstić information content (AvgIpc) is 3.10. The number of fused-ring (bicyclic) bond motifs is 1. The molecule has 0 aliphatic carbocycles. The fourth-order valence-corrected chi connectivity index (χ4v) is 2.26. The molecule has 0 unspecified atom stereocenters. The standard InChI is InChI=1S/C17H12F4N2O5/c18-16(19)27-11-3-1-10(13(6-11)28-17(20)21)7-22-23-15(24)9-2-4-12-14(5-9)26-8-25-12/h1-7,16-17H,8H2,(H,23,24)/b22-7-. The third kappa shape index (κ3) is 4.81. The molecule has 2 aromatic carbocycles. The Balaban J connectivity index is 1.71. The number of nitrogens with one attached hydrogen (secondary N) is 1. The van der Waals surface area contributed by atoms with E-state index in [0.29, 0.717) is 11.5 Å². The molecule has 0 spiro atoms. The molecule has 0 aromatic heterocycles. The fraction of sp³-hybridized carbons (Fsp3) is 0.176. The average molecular weight is 400 g/mol. The molecule has 1 aliphatic rings. The third-order valence-electron chi connectivity index (χ3n) is 3.43. The van der Waals surface area contributed by atoms with Crippen molar-refractivity contribution in [3.63, 3.8) is 0 Å². The van der Waals surface area contributed by atoms with Crippen LogP contribution >= 0.6 is 0 Å². The van der Waals surface area contributed by atoms with Crippen molar-refractivity contribution in [2.75, 3.05) is 6.79 Å². The van der Waals surface area contributed by atoms with Gasteiger partial charge >= 0.3 is 13.2 Å². The first-order chi connectivity index (χ1) is 13.4. The molecule has 0 radical (unpaired) electrons. The Bertz CT molecular complexity index is 892. The molecular weight excluding hydrogens is 388 g/mol. The summed E-state index contributed by atoms with van der Waals surface area (Å²) in [6.07, 6.45) is 1.02. The van der Waals surface area contributed by atoms with Crippen molar-refractivity contribution in [1.29, 1.82) is 0 Å². The van der Waals surface area contributed by atoms with Crippen LogP contribution in [-0.4, -0.2) is 32.1 Å². The molecule has 7 nitrogen and oxygen atoms in total. The van der Waals surface area contributed by atoms with E-state index in [9.17, 15) is 22.4 Å². The second-order valence-corrected chi connectivity index (χ2v) is 5.22. The summed E-state index contributed by atoms with van der Waals surface area (Å²) < 4.78 is 68.3. The monoisotopic (exact) mass is 400 g/mol. The zero-order chi connectivity index (χ0) is 20.1. The SMILES string of the molecule is O=C(N/N=C\c1ccc(OC(F)F)cc1OC(F)F)c1ccc2c(c1)OCO2. The lowest BCUT2D eigenvalue weighted by molar-refractivity contribution is -0.0543. The summed E-state index contributed by atoms with van der Waals surface area (Å²) >= 11 is 0. The highest BCUT2D eigenvalue weighted by Gasteiger charge is 2.16. The summed E-state index contributed by atoms with van der Waals surface area (Å²) in [5.41, 5.74) is 2.44. The molecule has 0 fully saturated rings. The van der Waals surface area contributed by atoms with Gasteiger partial charge in [0.1, 0.15) is 11.5 Å². The van der Waals surface area contributed by atoms with E-state index in [2.05, 4.69) is 20.0 Å². The normalized spacial score (nSPS) is 12.6. The van der Waals surface area contributed by atoms with Gasteiger partial charge in [0, 0.05) is 17.2 Å². The van der Waals surface area contributed by atoms with Gasteiger partial charge in [0.05, 0.1) is 6.21 Å². The number of alkyl halides is 4. The zero-order valence-corrected chi connectivity index (χ0v) is 13.9. The number of benzene rings is 2. The van der Waals surface area contributed by atoms with Gasteiger partial charge in [-0.15, -0.1) is 0 Å². The van der Waals surface area contributed by atoms with Crippen LogP contribution in [0.25, 0.3) is 0 Å². The number of hydrogen-bond donors (Lipinski definition) is 1. The van der Waals surface area contributed by atoms with E-state index in [1.54, 1.807) is 6.07 Å². The molecule has 3 rings (SSSR count). The third-order valence-corrected chi connectivity index (χ3v) is 3.43. The van der Waals surface area contributed by atoms with Crippen LogP contribution in [0.3, 0.4) is 0 Å². The molecule has 148 valence electrons. The second-order valence-electron chi connectivity index (χ2n) is 5.22.